The fourth-order valence-corrected chi connectivity index (χ4v) is 2.49. The third kappa shape index (κ3) is 5.96. The molecule has 5 nitrogen and oxygen atoms in total. The van der Waals surface area contributed by atoms with Crippen LogP contribution in [-0.4, -0.2) is 17.9 Å². The lowest BCUT2D eigenvalue weighted by atomic mass is 10.1. The van der Waals surface area contributed by atoms with Gasteiger partial charge in [-0.3, -0.25) is 0 Å². The molecule has 7 heteroatoms. The van der Waals surface area contributed by atoms with E-state index in [-0.39, 0.29) is 12.3 Å². The van der Waals surface area contributed by atoms with E-state index >= 15 is 0 Å². The van der Waals surface area contributed by atoms with E-state index in [1.54, 1.807) is 30.3 Å². The van der Waals surface area contributed by atoms with Gasteiger partial charge in [0.1, 0.15) is 11.6 Å². The Morgan fingerprint density at radius 1 is 1.20 bits per heavy atom. The van der Waals surface area contributed by atoms with Crippen molar-refractivity contribution < 1.29 is 14.4 Å². The lowest BCUT2D eigenvalue weighted by Crippen LogP contribution is -2.28. The van der Waals surface area contributed by atoms with Crippen LogP contribution in [0.2, 0.25) is 10.0 Å². The van der Waals surface area contributed by atoms with Gasteiger partial charge in [-0.05, 0) is 36.2 Å². The summed E-state index contributed by atoms with van der Waals surface area (Å²) in [6.45, 7) is 1.81. The summed E-state index contributed by atoms with van der Waals surface area (Å²) in [5.41, 5.74) is 6.53. The second-order valence-corrected chi connectivity index (χ2v) is 6.08. The number of oxime groups is 1. The van der Waals surface area contributed by atoms with E-state index in [2.05, 4.69) is 5.16 Å². The van der Waals surface area contributed by atoms with Gasteiger partial charge in [0.15, 0.2) is 6.10 Å². The van der Waals surface area contributed by atoms with Crippen LogP contribution in [0.1, 0.15) is 18.9 Å². The van der Waals surface area contributed by atoms with Crippen molar-refractivity contribution in [2.45, 2.75) is 25.9 Å². The van der Waals surface area contributed by atoms with E-state index in [1.807, 2.05) is 25.1 Å². The molecule has 0 aliphatic rings. The van der Waals surface area contributed by atoms with Gasteiger partial charge in [-0.2, -0.15) is 0 Å². The number of hydrogen-bond acceptors (Lipinski definition) is 4. The maximum atomic E-state index is 12.1. The zero-order valence-corrected chi connectivity index (χ0v) is 15.1. The standard InChI is InChI=1S/C18H18Cl2N2O3/c1-2-16(24-14-6-4-3-5-7-14)18(23)25-22-17(21)10-12-8-9-13(19)11-15(12)20/h3-9,11,16H,2,10H2,1H3,(H2,21,22). The highest BCUT2D eigenvalue weighted by Crippen LogP contribution is 2.21. The molecule has 1 atom stereocenters. The lowest BCUT2D eigenvalue weighted by Gasteiger charge is -2.14. The van der Waals surface area contributed by atoms with Crippen LogP contribution in [-0.2, 0) is 16.1 Å². The second kappa shape index (κ2) is 9.30. The number of rotatable bonds is 7. The Morgan fingerprint density at radius 2 is 1.92 bits per heavy atom. The molecule has 2 aromatic carbocycles. The molecule has 0 amide bonds. The van der Waals surface area contributed by atoms with Crippen molar-refractivity contribution in [3.63, 3.8) is 0 Å². The summed E-state index contributed by atoms with van der Waals surface area (Å²) in [5.74, 6) is 0.0832. The molecule has 0 aromatic heterocycles. The first-order valence-corrected chi connectivity index (χ1v) is 8.44. The van der Waals surface area contributed by atoms with E-state index < -0.39 is 12.1 Å². The number of amidine groups is 1. The zero-order valence-electron chi connectivity index (χ0n) is 13.6. The minimum Gasteiger partial charge on any atom is -0.479 e. The van der Waals surface area contributed by atoms with E-state index in [0.29, 0.717) is 22.2 Å². The summed E-state index contributed by atoms with van der Waals surface area (Å²) < 4.78 is 5.59. The molecule has 2 N–H and O–H groups in total. The third-order valence-corrected chi connectivity index (χ3v) is 3.88. The summed E-state index contributed by atoms with van der Waals surface area (Å²) in [6.07, 6.45) is -0.0933. The average Bonchev–Trinajstić information content (AvgIpc) is 2.61. The predicted octanol–water partition coefficient (Wildman–Crippen LogP) is 4.21. The number of benzene rings is 2. The van der Waals surface area contributed by atoms with Crippen LogP contribution in [0.15, 0.2) is 53.7 Å². The maximum Gasteiger partial charge on any atom is 0.375 e. The van der Waals surface area contributed by atoms with E-state index in [4.69, 9.17) is 38.5 Å². The predicted molar refractivity (Wildman–Crippen MR) is 99.0 cm³/mol. The number of ether oxygens (including phenoxy) is 1. The Bertz CT molecular complexity index is 751. The molecule has 0 saturated heterocycles. The molecule has 0 spiro atoms. The number of halogens is 2. The fourth-order valence-electron chi connectivity index (χ4n) is 2.02. The van der Waals surface area contributed by atoms with Gasteiger partial charge in [0.2, 0.25) is 0 Å². The zero-order chi connectivity index (χ0) is 18.2. The molecular formula is C18H18Cl2N2O3. The monoisotopic (exact) mass is 380 g/mol. The third-order valence-electron chi connectivity index (χ3n) is 3.29. The van der Waals surface area contributed by atoms with Gasteiger partial charge in [-0.15, -0.1) is 0 Å². The van der Waals surface area contributed by atoms with Gasteiger partial charge in [0.25, 0.3) is 0 Å². The van der Waals surface area contributed by atoms with Crippen LogP contribution in [0.3, 0.4) is 0 Å². The van der Waals surface area contributed by atoms with E-state index in [1.165, 1.54) is 0 Å². The molecule has 0 fully saturated rings. The molecule has 0 aliphatic carbocycles. The van der Waals surface area contributed by atoms with Crippen molar-refractivity contribution in [2.24, 2.45) is 10.9 Å². The first-order valence-electron chi connectivity index (χ1n) is 7.68. The van der Waals surface area contributed by atoms with Crippen molar-refractivity contribution in [2.75, 3.05) is 0 Å². The van der Waals surface area contributed by atoms with Gasteiger partial charge in [0.05, 0.1) is 0 Å². The topological polar surface area (TPSA) is 73.9 Å². The van der Waals surface area contributed by atoms with Crippen molar-refractivity contribution >= 4 is 35.0 Å². The second-order valence-electron chi connectivity index (χ2n) is 5.23. The molecule has 2 aromatic rings. The van der Waals surface area contributed by atoms with Crippen LogP contribution >= 0.6 is 23.2 Å². The summed E-state index contributed by atoms with van der Waals surface area (Å²) in [5, 5.41) is 4.66. The molecule has 25 heavy (non-hydrogen) atoms. The summed E-state index contributed by atoms with van der Waals surface area (Å²) >= 11 is 11.9. The van der Waals surface area contributed by atoms with Crippen LogP contribution in [0.5, 0.6) is 5.75 Å². The average molecular weight is 381 g/mol. The highest BCUT2D eigenvalue weighted by Gasteiger charge is 2.20. The largest absolute Gasteiger partial charge is 0.479 e. The molecule has 0 saturated carbocycles. The number of para-hydroxylation sites is 1. The minimum atomic E-state index is -0.766. The smallest absolute Gasteiger partial charge is 0.375 e. The highest BCUT2D eigenvalue weighted by molar-refractivity contribution is 6.35. The Hall–Kier alpha value is -2.24. The van der Waals surface area contributed by atoms with Gasteiger partial charge >= 0.3 is 5.97 Å². The fraction of sp³-hybridized carbons (Fsp3) is 0.222. The van der Waals surface area contributed by atoms with E-state index in [0.717, 1.165) is 5.56 Å². The summed E-state index contributed by atoms with van der Waals surface area (Å²) in [6, 6.07) is 14.1. The lowest BCUT2D eigenvalue weighted by molar-refractivity contribution is -0.152. The van der Waals surface area contributed by atoms with Crippen molar-refractivity contribution in [3.05, 3.63) is 64.1 Å². The minimum absolute atomic E-state index is 0.118. The number of carbonyl (C=O) groups is 1. The normalized spacial score (nSPS) is 12.5. The Balaban J connectivity index is 1.95. The van der Waals surface area contributed by atoms with Gasteiger partial charge in [-0.25, -0.2) is 4.79 Å². The van der Waals surface area contributed by atoms with E-state index in [9.17, 15) is 4.79 Å². The molecule has 2 rings (SSSR count). The molecule has 0 aliphatic heterocycles. The number of nitrogens with zero attached hydrogens (tertiary/aromatic N) is 1. The first-order chi connectivity index (χ1) is 12.0. The molecule has 0 heterocycles. The molecule has 0 bridgehead atoms. The number of hydrogen-bond donors (Lipinski definition) is 1. The summed E-state index contributed by atoms with van der Waals surface area (Å²) in [4.78, 5) is 17.0. The van der Waals surface area contributed by atoms with Crippen molar-refractivity contribution in [1.29, 1.82) is 0 Å². The Labute approximate surface area is 156 Å². The molecule has 132 valence electrons. The number of nitrogens with two attached hydrogens (primary N) is 1. The molecular weight excluding hydrogens is 363 g/mol. The van der Waals surface area contributed by atoms with Crippen molar-refractivity contribution in [3.8, 4) is 5.75 Å². The van der Waals surface area contributed by atoms with Crippen LogP contribution in [0.4, 0.5) is 0 Å². The SMILES string of the molecule is CCC(Oc1ccccc1)C(=O)ON=C(N)Cc1ccc(Cl)cc1Cl. The quantitative estimate of drug-likeness (QED) is 0.338. The molecule has 0 radical (unpaired) electrons. The highest BCUT2D eigenvalue weighted by atomic mass is 35.5. The van der Waals surface area contributed by atoms with Crippen LogP contribution in [0, 0.1) is 0 Å². The van der Waals surface area contributed by atoms with Gasteiger partial charge < -0.3 is 15.3 Å². The molecule has 1 unspecified atom stereocenters. The van der Waals surface area contributed by atoms with Crippen molar-refractivity contribution in [1.82, 2.24) is 0 Å². The number of carbonyl (C=O) groups excluding carboxylic acids is 1. The first kappa shape index (κ1) is 19.1. The Kier molecular flexibility index (Phi) is 7.10. The summed E-state index contributed by atoms with van der Waals surface area (Å²) in [7, 11) is 0. The van der Waals surface area contributed by atoms with Crippen LogP contribution in [0.25, 0.3) is 0 Å². The van der Waals surface area contributed by atoms with Gasteiger partial charge in [-0.1, -0.05) is 59.5 Å². The Morgan fingerprint density at radius 3 is 2.56 bits per heavy atom. The maximum absolute atomic E-state index is 12.1. The van der Waals surface area contributed by atoms with Gasteiger partial charge in [0, 0.05) is 16.5 Å². The van der Waals surface area contributed by atoms with Crippen LogP contribution < -0.4 is 10.5 Å².